The molecule has 0 bridgehead atoms. The average Bonchev–Trinajstić information content (AvgIpc) is 3.88. The SMILES string of the molecule is [2H]c1cc2c3cc(-c4c([2H])c([2H])c([2H])c([2H])c4[2H])cc([2H])c3n(-c3ccc(-c4nc(-c5ccccc5)nc(-c5ccccc5)n4)cc3-c3cccc4c3oc3ccccc34)c2c([2H])c1[2H]. The summed E-state index contributed by atoms with van der Waals surface area (Å²) in [6.07, 6.45) is 0. The van der Waals surface area contributed by atoms with Crippen LogP contribution in [0.15, 0.2) is 198 Å². The summed E-state index contributed by atoms with van der Waals surface area (Å²) in [6.45, 7) is 0. The van der Waals surface area contributed by atoms with Gasteiger partial charge in [0.2, 0.25) is 0 Å². The van der Waals surface area contributed by atoms with Crippen molar-refractivity contribution < 1.29 is 16.8 Å². The summed E-state index contributed by atoms with van der Waals surface area (Å²) in [5.41, 5.74) is 6.01. The van der Waals surface area contributed by atoms with Gasteiger partial charge in [0.1, 0.15) is 11.2 Å². The van der Waals surface area contributed by atoms with Gasteiger partial charge in [-0.1, -0.05) is 151 Å². The molecule has 0 radical (unpaired) electrons. The van der Waals surface area contributed by atoms with Gasteiger partial charge in [0.25, 0.3) is 0 Å². The normalized spacial score (nSPS) is 13.8. The van der Waals surface area contributed by atoms with Crippen molar-refractivity contribution in [1.29, 1.82) is 0 Å². The Balaban J connectivity index is 1.24. The van der Waals surface area contributed by atoms with Crippen molar-refractivity contribution in [2.24, 2.45) is 0 Å². The lowest BCUT2D eigenvalue weighted by Gasteiger charge is -2.16. The first-order valence-corrected chi connectivity index (χ1v) is 18.0. The Bertz CT molecular complexity index is 3690. The molecule has 5 nitrogen and oxygen atoms in total. The van der Waals surface area contributed by atoms with Crippen LogP contribution in [0.25, 0.3) is 106 Å². The summed E-state index contributed by atoms with van der Waals surface area (Å²) in [5, 5.41) is 2.56. The number of furan rings is 1. The second-order valence-electron chi connectivity index (χ2n) is 13.3. The van der Waals surface area contributed by atoms with E-state index in [9.17, 15) is 2.74 Å². The lowest BCUT2D eigenvalue weighted by molar-refractivity contribution is 0.670. The Hall–Kier alpha value is -7.63. The second kappa shape index (κ2) is 13.0. The molecule has 0 fully saturated rings. The molecule has 8 aromatic carbocycles. The van der Waals surface area contributed by atoms with Crippen LogP contribution in [0, 0.1) is 0 Å². The minimum Gasteiger partial charge on any atom is -0.455 e. The van der Waals surface area contributed by atoms with Gasteiger partial charge >= 0.3 is 0 Å². The first-order valence-electron chi connectivity index (χ1n) is 22.5. The number of para-hydroxylation sites is 3. The molecule has 0 aliphatic rings. The number of hydrogen-bond donors (Lipinski definition) is 0. The third-order valence-corrected chi connectivity index (χ3v) is 10.1. The van der Waals surface area contributed by atoms with E-state index in [0.717, 1.165) is 21.9 Å². The molecule has 11 rings (SSSR count). The van der Waals surface area contributed by atoms with Gasteiger partial charge in [-0.2, -0.15) is 0 Å². The number of fused-ring (bicyclic) bond motifs is 6. The Morgan fingerprint density at radius 3 is 1.84 bits per heavy atom. The highest BCUT2D eigenvalue weighted by Gasteiger charge is 2.21. The fraction of sp³-hybridized carbons (Fsp3) is 0. The van der Waals surface area contributed by atoms with Crippen LogP contribution >= 0.6 is 0 Å². The summed E-state index contributed by atoms with van der Waals surface area (Å²) in [7, 11) is 0. The van der Waals surface area contributed by atoms with Gasteiger partial charge < -0.3 is 8.98 Å². The Labute approximate surface area is 335 Å². The van der Waals surface area contributed by atoms with Gasteiger partial charge in [0.05, 0.1) is 29.1 Å². The number of aromatic nitrogens is 4. The molecule has 0 spiro atoms. The zero-order valence-corrected chi connectivity index (χ0v) is 29.5. The van der Waals surface area contributed by atoms with Crippen LogP contribution in [0.2, 0.25) is 0 Å². The fourth-order valence-corrected chi connectivity index (χ4v) is 7.47. The smallest absolute Gasteiger partial charge is 0.164 e. The molecule has 0 aliphatic carbocycles. The molecule has 3 heterocycles. The van der Waals surface area contributed by atoms with Crippen molar-refractivity contribution in [3.05, 3.63) is 194 Å². The van der Waals surface area contributed by atoms with Gasteiger partial charge in [0.15, 0.2) is 17.5 Å². The monoisotopic (exact) mass is 725 g/mol. The zero-order chi connectivity index (χ0) is 44.8. The Kier molecular flexibility index (Phi) is 5.57. The highest BCUT2D eigenvalue weighted by molar-refractivity contribution is 6.13. The lowest BCUT2D eigenvalue weighted by atomic mass is 9.97. The molecule has 0 saturated carbocycles. The van der Waals surface area contributed by atoms with Crippen LogP contribution in [-0.2, 0) is 0 Å². The average molecular weight is 726 g/mol. The molecule has 0 aliphatic heterocycles. The predicted molar refractivity (Wildman–Crippen MR) is 229 cm³/mol. The number of rotatable bonds is 6. The number of benzene rings is 8. The molecule has 5 heteroatoms. The van der Waals surface area contributed by atoms with Crippen molar-refractivity contribution in [3.8, 4) is 62.1 Å². The second-order valence-corrected chi connectivity index (χ2v) is 13.3. The minimum absolute atomic E-state index is 0.0765. The van der Waals surface area contributed by atoms with E-state index in [-0.39, 0.29) is 40.8 Å². The molecule has 0 N–H and O–H groups in total. The van der Waals surface area contributed by atoms with Gasteiger partial charge in [-0.25, -0.2) is 15.0 Å². The van der Waals surface area contributed by atoms with Gasteiger partial charge in [-0.15, -0.1) is 0 Å². The maximum atomic E-state index is 9.64. The molecule has 0 amide bonds. The summed E-state index contributed by atoms with van der Waals surface area (Å²) in [6, 6.07) is 40.0. The van der Waals surface area contributed by atoms with Crippen LogP contribution in [0.5, 0.6) is 0 Å². The summed E-state index contributed by atoms with van der Waals surface area (Å²) in [5.74, 6) is 1.34. The molecule has 262 valence electrons. The molecular formula is C51H32N4O. The highest BCUT2D eigenvalue weighted by Crippen LogP contribution is 2.43. The first kappa shape index (κ1) is 23.9. The van der Waals surface area contributed by atoms with E-state index < -0.39 is 30.2 Å². The van der Waals surface area contributed by atoms with Crippen molar-refractivity contribution >= 4 is 43.7 Å². The molecule has 56 heavy (non-hydrogen) atoms. The van der Waals surface area contributed by atoms with E-state index in [1.165, 1.54) is 12.1 Å². The summed E-state index contributed by atoms with van der Waals surface area (Å²) in [4.78, 5) is 14.9. The van der Waals surface area contributed by atoms with E-state index >= 15 is 0 Å². The fourth-order valence-electron chi connectivity index (χ4n) is 7.47. The number of nitrogens with zero attached hydrogens (tertiary/aromatic N) is 4. The van der Waals surface area contributed by atoms with Crippen LogP contribution in [0.1, 0.15) is 12.3 Å². The van der Waals surface area contributed by atoms with Gasteiger partial charge in [-0.3, -0.25) is 0 Å². The zero-order valence-electron chi connectivity index (χ0n) is 38.5. The maximum Gasteiger partial charge on any atom is 0.164 e. The van der Waals surface area contributed by atoms with Crippen molar-refractivity contribution in [1.82, 2.24) is 19.5 Å². The quantitative estimate of drug-likeness (QED) is 0.171. The third kappa shape index (κ3) is 5.29. The standard InChI is InChI=1S/C51H32N4O/c1-4-15-33(16-5-1)36-27-29-45-42(31-36)38-21-10-12-25-44(38)55(45)46-30-28-37(32-43(46)41-24-14-23-40-39-22-11-13-26-47(39)56-48(40)41)51-53-49(34-17-6-2-7-18-34)52-50(54-51)35-19-8-3-9-20-35/h1-32H/i1D,4D,5D,10D,12D,15D,16D,25D,29D. The van der Waals surface area contributed by atoms with E-state index in [0.29, 0.717) is 67.3 Å². The van der Waals surface area contributed by atoms with Crippen LogP contribution in [-0.4, -0.2) is 19.5 Å². The van der Waals surface area contributed by atoms with Crippen LogP contribution in [0.3, 0.4) is 0 Å². The largest absolute Gasteiger partial charge is 0.455 e. The molecule has 0 unspecified atom stereocenters. The summed E-state index contributed by atoms with van der Waals surface area (Å²) >= 11 is 0. The van der Waals surface area contributed by atoms with E-state index in [1.807, 2.05) is 121 Å². The van der Waals surface area contributed by atoms with E-state index in [1.54, 1.807) is 10.6 Å². The Morgan fingerprint density at radius 2 is 1.07 bits per heavy atom. The summed E-state index contributed by atoms with van der Waals surface area (Å²) < 4.78 is 87.4. The lowest BCUT2D eigenvalue weighted by Crippen LogP contribution is -2.02. The topological polar surface area (TPSA) is 56.7 Å². The predicted octanol–water partition coefficient (Wildman–Crippen LogP) is 13.2. The molecular weight excluding hydrogens is 685 g/mol. The number of hydrogen-bond acceptors (Lipinski definition) is 4. The first-order chi connectivity index (χ1) is 31.5. The Morgan fingerprint density at radius 1 is 0.411 bits per heavy atom. The third-order valence-electron chi connectivity index (χ3n) is 10.1. The van der Waals surface area contributed by atoms with Gasteiger partial charge in [0, 0.05) is 49.4 Å². The van der Waals surface area contributed by atoms with Crippen molar-refractivity contribution in [2.75, 3.05) is 0 Å². The molecule has 11 aromatic rings. The van der Waals surface area contributed by atoms with Crippen LogP contribution in [0.4, 0.5) is 0 Å². The van der Waals surface area contributed by atoms with Crippen molar-refractivity contribution in [2.45, 2.75) is 0 Å². The van der Waals surface area contributed by atoms with Gasteiger partial charge in [-0.05, 0) is 53.5 Å². The van der Waals surface area contributed by atoms with E-state index in [2.05, 4.69) is 0 Å². The van der Waals surface area contributed by atoms with Crippen LogP contribution < -0.4 is 0 Å². The van der Waals surface area contributed by atoms with Crippen molar-refractivity contribution in [3.63, 3.8) is 0 Å². The molecule has 3 aromatic heterocycles. The van der Waals surface area contributed by atoms with E-state index in [4.69, 9.17) is 29.0 Å². The minimum atomic E-state index is -0.534. The molecule has 0 atom stereocenters. The highest BCUT2D eigenvalue weighted by atomic mass is 16.3. The molecule has 0 saturated heterocycles. The maximum absolute atomic E-state index is 9.64.